The first-order valence-electron chi connectivity index (χ1n) is 5.85. The molecule has 19 heavy (non-hydrogen) atoms. The van der Waals surface area contributed by atoms with E-state index in [9.17, 15) is 4.79 Å². The van der Waals surface area contributed by atoms with Crippen LogP contribution in [0.4, 0.5) is 0 Å². The summed E-state index contributed by atoms with van der Waals surface area (Å²) in [5.74, 6) is -0.130. The fourth-order valence-electron chi connectivity index (χ4n) is 1.55. The summed E-state index contributed by atoms with van der Waals surface area (Å²) in [7, 11) is 0. The fourth-order valence-corrected chi connectivity index (χ4v) is 1.81. The molecule has 0 saturated carbocycles. The van der Waals surface area contributed by atoms with Crippen LogP contribution < -0.4 is 5.43 Å². The molecule has 0 spiro atoms. The number of halogens is 1. The molecule has 0 aliphatic heterocycles. The normalized spacial score (nSPS) is 10.6. The molecule has 0 fully saturated rings. The number of benzene rings is 2. The number of hydrazone groups is 1. The van der Waals surface area contributed by atoms with Crippen LogP contribution in [0.25, 0.3) is 0 Å². The van der Waals surface area contributed by atoms with Crippen molar-refractivity contribution in [2.45, 2.75) is 6.42 Å². The maximum atomic E-state index is 11.7. The lowest BCUT2D eigenvalue weighted by atomic mass is 10.1. The molecule has 2 aromatic rings. The molecule has 0 heterocycles. The number of carbonyl (C=O) groups is 1. The topological polar surface area (TPSA) is 41.5 Å². The van der Waals surface area contributed by atoms with Crippen molar-refractivity contribution in [1.82, 2.24) is 5.43 Å². The molecule has 0 aliphatic rings. The van der Waals surface area contributed by atoms with Gasteiger partial charge in [0.2, 0.25) is 5.91 Å². The first-order chi connectivity index (χ1) is 9.24. The summed E-state index contributed by atoms with van der Waals surface area (Å²) in [5, 5.41) is 3.92. The van der Waals surface area contributed by atoms with Crippen LogP contribution in [0.1, 0.15) is 11.1 Å². The summed E-state index contributed by atoms with van der Waals surface area (Å²) in [4.78, 5) is 11.7. The van der Waals surface area contributed by atoms with Gasteiger partial charge < -0.3 is 0 Å². The second kappa shape index (κ2) is 6.85. The van der Waals surface area contributed by atoms with Crippen molar-refractivity contribution in [3.63, 3.8) is 0 Å². The molecule has 0 aliphatic carbocycles. The largest absolute Gasteiger partial charge is 0.273 e. The predicted molar refractivity (Wildman–Crippen MR) is 80.0 cm³/mol. The number of nitrogens with zero attached hydrogens (tertiary/aromatic N) is 1. The van der Waals surface area contributed by atoms with Gasteiger partial charge in [0, 0.05) is 4.47 Å². The van der Waals surface area contributed by atoms with Gasteiger partial charge in [-0.15, -0.1) is 0 Å². The van der Waals surface area contributed by atoms with Crippen LogP contribution in [0.15, 0.2) is 64.2 Å². The van der Waals surface area contributed by atoms with Gasteiger partial charge in [-0.25, -0.2) is 5.43 Å². The molecular weight excluding hydrogens is 304 g/mol. The Balaban J connectivity index is 1.85. The van der Waals surface area contributed by atoms with Gasteiger partial charge in [-0.05, 0) is 23.3 Å². The molecule has 2 aromatic carbocycles. The standard InChI is InChI=1S/C15H13BrN2O/c16-14-8-6-12(7-9-14)10-15(19)18-17-11-13-4-2-1-3-5-13/h1-9,11H,10H2,(H,18,19)/b17-11+. The van der Waals surface area contributed by atoms with Gasteiger partial charge in [0.15, 0.2) is 0 Å². The van der Waals surface area contributed by atoms with E-state index in [4.69, 9.17) is 0 Å². The molecule has 96 valence electrons. The Morgan fingerprint density at radius 1 is 1.11 bits per heavy atom. The highest BCUT2D eigenvalue weighted by atomic mass is 79.9. The molecule has 0 saturated heterocycles. The minimum absolute atomic E-state index is 0.130. The van der Waals surface area contributed by atoms with Crippen molar-refractivity contribution in [1.29, 1.82) is 0 Å². The minimum atomic E-state index is -0.130. The molecule has 0 radical (unpaired) electrons. The SMILES string of the molecule is O=C(Cc1ccc(Br)cc1)N/N=C/c1ccccc1. The Bertz CT molecular complexity index is 564. The first kappa shape index (κ1) is 13.5. The van der Waals surface area contributed by atoms with Gasteiger partial charge in [0.25, 0.3) is 0 Å². The molecule has 0 unspecified atom stereocenters. The molecule has 0 atom stereocenters. The lowest BCUT2D eigenvalue weighted by Gasteiger charge is -2.00. The molecule has 4 heteroatoms. The zero-order chi connectivity index (χ0) is 13.5. The van der Waals surface area contributed by atoms with Crippen LogP contribution in [-0.4, -0.2) is 12.1 Å². The van der Waals surface area contributed by atoms with E-state index in [0.717, 1.165) is 15.6 Å². The van der Waals surface area contributed by atoms with Gasteiger partial charge in [0.05, 0.1) is 12.6 Å². The van der Waals surface area contributed by atoms with E-state index < -0.39 is 0 Å². The Kier molecular flexibility index (Phi) is 4.86. The lowest BCUT2D eigenvalue weighted by molar-refractivity contribution is -0.120. The molecule has 1 N–H and O–H groups in total. The van der Waals surface area contributed by atoms with E-state index in [0.29, 0.717) is 6.42 Å². The van der Waals surface area contributed by atoms with E-state index >= 15 is 0 Å². The van der Waals surface area contributed by atoms with E-state index in [2.05, 4.69) is 26.5 Å². The number of amides is 1. The molecule has 2 rings (SSSR count). The van der Waals surface area contributed by atoms with Crippen LogP contribution in [0.3, 0.4) is 0 Å². The predicted octanol–water partition coefficient (Wildman–Crippen LogP) is 3.14. The van der Waals surface area contributed by atoms with E-state index in [1.54, 1.807) is 6.21 Å². The van der Waals surface area contributed by atoms with E-state index in [1.807, 2.05) is 54.6 Å². The minimum Gasteiger partial charge on any atom is -0.273 e. The number of hydrogen-bond donors (Lipinski definition) is 1. The molecular formula is C15H13BrN2O. The highest BCUT2D eigenvalue weighted by molar-refractivity contribution is 9.10. The Morgan fingerprint density at radius 3 is 2.47 bits per heavy atom. The third kappa shape index (κ3) is 4.67. The number of carbonyl (C=O) groups excluding carboxylic acids is 1. The van der Waals surface area contributed by atoms with E-state index in [-0.39, 0.29) is 5.91 Å². The summed E-state index contributed by atoms with van der Waals surface area (Å²) in [6, 6.07) is 17.3. The summed E-state index contributed by atoms with van der Waals surface area (Å²) in [5.41, 5.74) is 4.42. The van der Waals surface area contributed by atoms with Gasteiger partial charge in [-0.2, -0.15) is 5.10 Å². The third-order valence-corrected chi connectivity index (χ3v) is 3.01. The summed E-state index contributed by atoms with van der Waals surface area (Å²) >= 11 is 3.36. The molecule has 0 aromatic heterocycles. The molecule has 0 bridgehead atoms. The summed E-state index contributed by atoms with van der Waals surface area (Å²) < 4.78 is 0.999. The average molecular weight is 317 g/mol. The van der Waals surface area contributed by atoms with Crippen molar-refractivity contribution in [3.05, 3.63) is 70.2 Å². The van der Waals surface area contributed by atoms with Crippen LogP contribution in [-0.2, 0) is 11.2 Å². The van der Waals surface area contributed by atoms with E-state index in [1.165, 1.54) is 0 Å². The Morgan fingerprint density at radius 2 is 1.79 bits per heavy atom. The second-order valence-corrected chi connectivity index (χ2v) is 4.92. The van der Waals surface area contributed by atoms with Gasteiger partial charge in [-0.1, -0.05) is 58.4 Å². The smallest absolute Gasteiger partial charge is 0.244 e. The van der Waals surface area contributed by atoms with Crippen molar-refractivity contribution in [2.24, 2.45) is 5.10 Å². The average Bonchev–Trinajstić information content (AvgIpc) is 2.43. The van der Waals surface area contributed by atoms with Gasteiger partial charge in [0.1, 0.15) is 0 Å². The lowest BCUT2D eigenvalue weighted by Crippen LogP contribution is -2.19. The first-order valence-corrected chi connectivity index (χ1v) is 6.65. The summed E-state index contributed by atoms with van der Waals surface area (Å²) in [6.45, 7) is 0. The molecule has 3 nitrogen and oxygen atoms in total. The van der Waals surface area contributed by atoms with Crippen molar-refractivity contribution >= 4 is 28.1 Å². The van der Waals surface area contributed by atoms with Crippen molar-refractivity contribution < 1.29 is 4.79 Å². The van der Waals surface area contributed by atoms with Crippen LogP contribution in [0.5, 0.6) is 0 Å². The monoisotopic (exact) mass is 316 g/mol. The summed E-state index contributed by atoms with van der Waals surface area (Å²) in [6.07, 6.45) is 1.94. The van der Waals surface area contributed by atoms with Gasteiger partial charge in [-0.3, -0.25) is 4.79 Å². The zero-order valence-electron chi connectivity index (χ0n) is 10.2. The molecule has 1 amide bonds. The highest BCUT2D eigenvalue weighted by Gasteiger charge is 2.01. The number of hydrogen-bond acceptors (Lipinski definition) is 2. The van der Waals surface area contributed by atoms with Crippen molar-refractivity contribution in [3.8, 4) is 0 Å². The Hall–Kier alpha value is -1.94. The number of rotatable bonds is 4. The maximum Gasteiger partial charge on any atom is 0.244 e. The van der Waals surface area contributed by atoms with Crippen LogP contribution in [0, 0.1) is 0 Å². The second-order valence-electron chi connectivity index (χ2n) is 4.01. The third-order valence-electron chi connectivity index (χ3n) is 2.48. The number of nitrogens with one attached hydrogen (secondary N) is 1. The maximum absolute atomic E-state index is 11.7. The van der Waals surface area contributed by atoms with Gasteiger partial charge >= 0.3 is 0 Å². The highest BCUT2D eigenvalue weighted by Crippen LogP contribution is 2.10. The quantitative estimate of drug-likeness (QED) is 0.683. The van der Waals surface area contributed by atoms with Crippen molar-refractivity contribution in [2.75, 3.05) is 0 Å². The fraction of sp³-hybridized carbons (Fsp3) is 0.0667. The van der Waals surface area contributed by atoms with Crippen LogP contribution in [0.2, 0.25) is 0 Å². The Labute approximate surface area is 120 Å². The van der Waals surface area contributed by atoms with Crippen LogP contribution >= 0.6 is 15.9 Å². The zero-order valence-corrected chi connectivity index (χ0v) is 11.8.